The van der Waals surface area contributed by atoms with Gasteiger partial charge in [-0.2, -0.15) is 0 Å². The van der Waals surface area contributed by atoms with Crippen molar-refractivity contribution in [1.29, 1.82) is 0 Å². The third-order valence-corrected chi connectivity index (χ3v) is 6.01. The zero-order valence-corrected chi connectivity index (χ0v) is 18.0. The van der Waals surface area contributed by atoms with E-state index in [1.54, 1.807) is 0 Å². The molecule has 1 saturated carbocycles. The number of anilines is 3. The highest BCUT2D eigenvalue weighted by Crippen LogP contribution is 2.46. The molecule has 0 atom stereocenters. The van der Waals surface area contributed by atoms with Gasteiger partial charge in [0.2, 0.25) is 15.9 Å². The Labute approximate surface area is 162 Å². The fourth-order valence-electron chi connectivity index (χ4n) is 3.66. The Hall–Kier alpha value is -1.76. The predicted molar refractivity (Wildman–Crippen MR) is 111 cm³/mol. The van der Waals surface area contributed by atoms with Crippen LogP contribution in [0.2, 0.25) is 0 Å². The molecule has 0 bridgehead atoms. The van der Waals surface area contributed by atoms with E-state index in [4.69, 9.17) is 0 Å². The molecular weight excluding hydrogens is 362 g/mol. The average molecular weight is 394 g/mol. The van der Waals surface area contributed by atoms with Gasteiger partial charge in [-0.25, -0.2) is 8.42 Å². The Morgan fingerprint density at radius 3 is 2.30 bits per heavy atom. The molecule has 1 aromatic rings. The second kappa shape index (κ2) is 6.69. The lowest BCUT2D eigenvalue weighted by molar-refractivity contribution is -0.123. The third kappa shape index (κ3) is 4.23. The first-order chi connectivity index (χ1) is 12.4. The second-order valence-electron chi connectivity index (χ2n) is 9.04. The lowest BCUT2D eigenvalue weighted by atomic mass is 9.94. The van der Waals surface area contributed by atoms with E-state index in [-0.39, 0.29) is 5.91 Å². The van der Waals surface area contributed by atoms with Crippen LogP contribution in [0.3, 0.4) is 0 Å². The number of carbonyl (C=O) groups excluding carboxylic acids is 1. The quantitative estimate of drug-likeness (QED) is 0.803. The number of hydrogen-bond donors (Lipinski definition) is 2. The molecule has 0 spiro atoms. The SMILES string of the molecule is Cc1c2c(c(NC(=O)C(C)(C)C)c(C)c1NS(C)(=O)=O)N(CC1CC1)CC2. The Morgan fingerprint density at radius 1 is 1.15 bits per heavy atom. The van der Waals surface area contributed by atoms with Crippen LogP contribution < -0.4 is 14.9 Å². The van der Waals surface area contributed by atoms with Crippen LogP contribution in [0.1, 0.15) is 50.3 Å². The van der Waals surface area contributed by atoms with Gasteiger partial charge in [-0.15, -0.1) is 0 Å². The van der Waals surface area contributed by atoms with E-state index in [1.165, 1.54) is 12.8 Å². The smallest absolute Gasteiger partial charge is 0.229 e. The zero-order chi connectivity index (χ0) is 20.1. The van der Waals surface area contributed by atoms with Gasteiger partial charge in [0.1, 0.15) is 0 Å². The first-order valence-electron chi connectivity index (χ1n) is 9.58. The van der Waals surface area contributed by atoms with Gasteiger partial charge in [0, 0.05) is 18.5 Å². The molecule has 0 aromatic heterocycles. The summed E-state index contributed by atoms with van der Waals surface area (Å²) in [6.07, 6.45) is 4.55. The summed E-state index contributed by atoms with van der Waals surface area (Å²) in [7, 11) is -3.41. The van der Waals surface area contributed by atoms with Gasteiger partial charge in [-0.3, -0.25) is 9.52 Å². The normalized spacial score (nSPS) is 17.0. The topological polar surface area (TPSA) is 78.5 Å². The molecule has 2 aliphatic rings. The highest BCUT2D eigenvalue weighted by molar-refractivity contribution is 7.92. The minimum absolute atomic E-state index is 0.0692. The van der Waals surface area contributed by atoms with E-state index in [0.717, 1.165) is 59.7 Å². The highest BCUT2D eigenvalue weighted by atomic mass is 32.2. The summed E-state index contributed by atoms with van der Waals surface area (Å²) in [4.78, 5) is 15.1. The van der Waals surface area contributed by atoms with Crippen molar-refractivity contribution in [3.05, 3.63) is 16.7 Å². The molecule has 1 aromatic carbocycles. The molecule has 1 aliphatic carbocycles. The minimum atomic E-state index is -3.41. The first-order valence-corrected chi connectivity index (χ1v) is 11.5. The summed E-state index contributed by atoms with van der Waals surface area (Å²) in [5.74, 6) is 0.664. The maximum atomic E-state index is 12.7. The lowest BCUT2D eigenvalue weighted by Crippen LogP contribution is -2.30. The number of nitrogens with one attached hydrogen (secondary N) is 2. The van der Waals surface area contributed by atoms with Crippen molar-refractivity contribution in [2.24, 2.45) is 11.3 Å². The summed E-state index contributed by atoms with van der Waals surface area (Å²) < 4.78 is 26.5. The standard InChI is InChI=1S/C20H31N3O3S/c1-12-15-9-10-23(11-14-7-8-14)18(15)17(21-19(24)20(3,4)5)13(2)16(12)22-27(6,25)26/h14,22H,7-11H2,1-6H3,(H,21,24). The summed E-state index contributed by atoms with van der Waals surface area (Å²) in [5, 5.41) is 3.11. The average Bonchev–Trinajstić information content (AvgIpc) is 3.24. The molecule has 6 nitrogen and oxygen atoms in total. The molecule has 0 unspecified atom stereocenters. The van der Waals surface area contributed by atoms with E-state index in [1.807, 2.05) is 34.6 Å². The summed E-state index contributed by atoms with van der Waals surface area (Å²) in [6.45, 7) is 11.4. The Bertz CT molecular complexity index is 881. The molecule has 0 radical (unpaired) electrons. The molecule has 3 rings (SSSR count). The van der Waals surface area contributed by atoms with E-state index in [2.05, 4.69) is 14.9 Å². The molecular formula is C20H31N3O3S. The van der Waals surface area contributed by atoms with Crippen LogP contribution in [0, 0.1) is 25.2 Å². The van der Waals surface area contributed by atoms with Gasteiger partial charge in [0.25, 0.3) is 0 Å². The summed E-state index contributed by atoms with van der Waals surface area (Å²) in [5.41, 5.74) is 4.75. The first kappa shape index (κ1) is 20.0. The predicted octanol–water partition coefficient (Wildman–Crippen LogP) is 3.43. The molecule has 1 heterocycles. The largest absolute Gasteiger partial charge is 0.369 e. The van der Waals surface area contributed by atoms with Crippen LogP contribution in [0.4, 0.5) is 17.1 Å². The molecule has 1 amide bonds. The summed E-state index contributed by atoms with van der Waals surface area (Å²) in [6, 6.07) is 0. The Morgan fingerprint density at radius 2 is 1.78 bits per heavy atom. The van der Waals surface area contributed by atoms with Crippen LogP contribution in [0.25, 0.3) is 0 Å². The fourth-order valence-corrected chi connectivity index (χ4v) is 4.34. The second-order valence-corrected chi connectivity index (χ2v) is 10.8. The molecule has 7 heteroatoms. The molecule has 27 heavy (non-hydrogen) atoms. The Balaban J connectivity index is 2.13. The zero-order valence-electron chi connectivity index (χ0n) is 17.2. The number of amides is 1. The molecule has 150 valence electrons. The van der Waals surface area contributed by atoms with Gasteiger partial charge >= 0.3 is 0 Å². The van der Waals surface area contributed by atoms with Crippen molar-refractivity contribution >= 4 is 33.0 Å². The van der Waals surface area contributed by atoms with E-state index in [0.29, 0.717) is 5.69 Å². The molecule has 0 saturated heterocycles. The molecule has 1 aliphatic heterocycles. The monoisotopic (exact) mass is 393 g/mol. The van der Waals surface area contributed by atoms with Crippen LogP contribution >= 0.6 is 0 Å². The molecule has 1 fully saturated rings. The van der Waals surface area contributed by atoms with E-state index >= 15 is 0 Å². The van der Waals surface area contributed by atoms with E-state index < -0.39 is 15.4 Å². The van der Waals surface area contributed by atoms with Crippen molar-refractivity contribution in [2.45, 2.75) is 53.9 Å². The number of rotatable bonds is 5. The van der Waals surface area contributed by atoms with Crippen molar-refractivity contribution in [3.8, 4) is 0 Å². The lowest BCUT2D eigenvalue weighted by Gasteiger charge is -2.28. The van der Waals surface area contributed by atoms with Crippen LogP contribution in [-0.4, -0.2) is 33.7 Å². The minimum Gasteiger partial charge on any atom is -0.369 e. The number of hydrogen-bond acceptors (Lipinski definition) is 4. The Kier molecular flexibility index (Phi) is 4.95. The van der Waals surface area contributed by atoms with Gasteiger partial charge < -0.3 is 10.2 Å². The van der Waals surface area contributed by atoms with Crippen molar-refractivity contribution in [3.63, 3.8) is 0 Å². The number of carbonyl (C=O) groups is 1. The third-order valence-electron chi connectivity index (χ3n) is 5.43. The van der Waals surface area contributed by atoms with Gasteiger partial charge in [0.15, 0.2) is 0 Å². The fraction of sp³-hybridized carbons (Fsp3) is 0.650. The number of sulfonamides is 1. The van der Waals surface area contributed by atoms with Crippen LogP contribution in [0.5, 0.6) is 0 Å². The van der Waals surface area contributed by atoms with Crippen LogP contribution in [-0.2, 0) is 21.2 Å². The number of nitrogens with zero attached hydrogens (tertiary/aromatic N) is 1. The van der Waals surface area contributed by atoms with Gasteiger partial charge in [-0.1, -0.05) is 20.8 Å². The van der Waals surface area contributed by atoms with Gasteiger partial charge in [0.05, 0.1) is 23.3 Å². The highest BCUT2D eigenvalue weighted by Gasteiger charge is 2.34. The maximum Gasteiger partial charge on any atom is 0.229 e. The van der Waals surface area contributed by atoms with Gasteiger partial charge in [-0.05, 0) is 55.7 Å². The van der Waals surface area contributed by atoms with Crippen molar-refractivity contribution < 1.29 is 13.2 Å². The molecule has 2 N–H and O–H groups in total. The number of fused-ring (bicyclic) bond motifs is 1. The summed E-state index contributed by atoms with van der Waals surface area (Å²) >= 11 is 0. The van der Waals surface area contributed by atoms with Crippen molar-refractivity contribution in [2.75, 3.05) is 34.3 Å². The van der Waals surface area contributed by atoms with Crippen molar-refractivity contribution in [1.82, 2.24) is 0 Å². The number of benzene rings is 1. The van der Waals surface area contributed by atoms with Crippen LogP contribution in [0.15, 0.2) is 0 Å². The van der Waals surface area contributed by atoms with E-state index in [9.17, 15) is 13.2 Å². The maximum absolute atomic E-state index is 12.7.